The van der Waals surface area contributed by atoms with E-state index >= 15 is 0 Å². The van der Waals surface area contributed by atoms with Crippen molar-refractivity contribution in [3.63, 3.8) is 0 Å². The van der Waals surface area contributed by atoms with Crippen LogP contribution in [0.4, 0.5) is 0 Å². The molecule has 3 nitrogen and oxygen atoms in total. The molecule has 30 heavy (non-hydrogen) atoms. The molecule has 2 aromatic rings. The van der Waals surface area contributed by atoms with Gasteiger partial charge in [0.25, 0.3) is 0 Å². The molecule has 0 aliphatic carbocycles. The third-order valence-electron chi connectivity index (χ3n) is 5.28. The van der Waals surface area contributed by atoms with Gasteiger partial charge in [-0.2, -0.15) is 0 Å². The van der Waals surface area contributed by atoms with E-state index in [1.165, 1.54) is 16.7 Å². The van der Waals surface area contributed by atoms with Crippen molar-refractivity contribution in [2.24, 2.45) is 0 Å². The maximum Gasteiger partial charge on any atom is 0.0854 e. The van der Waals surface area contributed by atoms with E-state index in [9.17, 15) is 10.2 Å². The molecule has 1 aliphatic heterocycles. The summed E-state index contributed by atoms with van der Waals surface area (Å²) in [4.78, 5) is 0. The van der Waals surface area contributed by atoms with Crippen molar-refractivity contribution < 1.29 is 14.9 Å². The third-order valence-corrected chi connectivity index (χ3v) is 5.28. The molecule has 0 spiro atoms. The fourth-order valence-corrected chi connectivity index (χ4v) is 3.62. The lowest BCUT2D eigenvalue weighted by Gasteiger charge is -2.32. The Bertz CT molecular complexity index is 829. The van der Waals surface area contributed by atoms with Gasteiger partial charge in [0, 0.05) is 24.8 Å². The molecule has 162 valence electrons. The van der Waals surface area contributed by atoms with Gasteiger partial charge in [0.2, 0.25) is 0 Å². The Kier molecular flexibility index (Phi) is 10.1. The van der Waals surface area contributed by atoms with E-state index in [1.54, 1.807) is 0 Å². The number of unbranched alkanes of at least 4 members (excludes halogenated alkanes) is 1. The number of aliphatic hydroxyl groups excluding tert-OH is 2. The summed E-state index contributed by atoms with van der Waals surface area (Å²) in [6.45, 7) is 8.20. The minimum absolute atomic E-state index is 0.0558. The van der Waals surface area contributed by atoms with Crippen LogP contribution in [-0.2, 0) is 11.2 Å². The number of aryl methyl sites for hydroxylation is 1. The Morgan fingerprint density at radius 2 is 1.80 bits per heavy atom. The molecule has 0 bridgehead atoms. The van der Waals surface area contributed by atoms with Crippen LogP contribution < -0.4 is 0 Å². The quantitative estimate of drug-likeness (QED) is 0.657. The summed E-state index contributed by atoms with van der Waals surface area (Å²) in [5, 5.41) is 19.5. The van der Waals surface area contributed by atoms with Crippen LogP contribution in [0, 0.1) is 18.8 Å². The zero-order valence-corrected chi connectivity index (χ0v) is 18.8. The van der Waals surface area contributed by atoms with Crippen LogP contribution in [0.1, 0.15) is 80.4 Å². The Balaban J connectivity index is 0.00000155. The van der Waals surface area contributed by atoms with Crippen LogP contribution in [0.5, 0.6) is 0 Å². The van der Waals surface area contributed by atoms with E-state index in [2.05, 4.69) is 68.2 Å². The second-order valence-corrected chi connectivity index (χ2v) is 7.67. The molecule has 1 heterocycles. The van der Waals surface area contributed by atoms with Crippen LogP contribution in [0.3, 0.4) is 0 Å². The summed E-state index contributed by atoms with van der Waals surface area (Å²) in [7, 11) is 0. The van der Waals surface area contributed by atoms with Gasteiger partial charge in [0.15, 0.2) is 0 Å². The lowest BCUT2D eigenvalue weighted by atomic mass is 9.92. The highest BCUT2D eigenvalue weighted by molar-refractivity contribution is 5.40. The lowest BCUT2D eigenvalue weighted by Crippen LogP contribution is -2.33. The van der Waals surface area contributed by atoms with Gasteiger partial charge < -0.3 is 14.9 Å². The van der Waals surface area contributed by atoms with Crippen molar-refractivity contribution in [2.45, 2.75) is 78.1 Å². The topological polar surface area (TPSA) is 49.7 Å². The highest BCUT2D eigenvalue weighted by Gasteiger charge is 2.29. The molecule has 0 amide bonds. The lowest BCUT2D eigenvalue weighted by molar-refractivity contribution is -0.113. The largest absolute Gasteiger partial charge is 0.394 e. The van der Waals surface area contributed by atoms with Gasteiger partial charge in [-0.3, -0.25) is 0 Å². The summed E-state index contributed by atoms with van der Waals surface area (Å²) in [5.74, 6) is 6.39. The zero-order chi connectivity index (χ0) is 21.9. The molecule has 1 fully saturated rings. The Morgan fingerprint density at radius 3 is 2.47 bits per heavy atom. The van der Waals surface area contributed by atoms with Crippen LogP contribution in [0.15, 0.2) is 42.5 Å². The molecular formula is C27H36O3. The Hall–Kier alpha value is -2.12. The smallest absolute Gasteiger partial charge is 0.0854 e. The standard InChI is InChI=1S/C25H30O3.C2H6/c1-3-4-5-6-19-8-10-20(11-9-19)13-22-14-21(12-7-18(22)2)25-16-23(27)15-24(17-26)28-25;1-2/h7-12,14,23-27H,3-4,13,15-17H2,1-2H3;1-2H3/t23-,24-,25+;/m0./s1. The first-order valence-corrected chi connectivity index (χ1v) is 11.2. The van der Waals surface area contributed by atoms with E-state index in [0.29, 0.717) is 12.8 Å². The summed E-state index contributed by atoms with van der Waals surface area (Å²) >= 11 is 0. The molecule has 0 aromatic heterocycles. The fourth-order valence-electron chi connectivity index (χ4n) is 3.62. The van der Waals surface area contributed by atoms with Gasteiger partial charge in [-0.1, -0.05) is 62.9 Å². The van der Waals surface area contributed by atoms with Gasteiger partial charge >= 0.3 is 0 Å². The minimum Gasteiger partial charge on any atom is -0.394 e. The zero-order valence-electron chi connectivity index (χ0n) is 18.8. The second kappa shape index (κ2) is 12.5. The molecular weight excluding hydrogens is 372 g/mol. The van der Waals surface area contributed by atoms with Crippen molar-refractivity contribution in [2.75, 3.05) is 6.61 Å². The van der Waals surface area contributed by atoms with Crippen LogP contribution in [0.25, 0.3) is 0 Å². The highest BCUT2D eigenvalue weighted by atomic mass is 16.5. The molecule has 2 aromatic carbocycles. The highest BCUT2D eigenvalue weighted by Crippen LogP contribution is 2.32. The van der Waals surface area contributed by atoms with E-state index in [4.69, 9.17) is 4.74 Å². The third kappa shape index (κ3) is 6.99. The molecule has 0 radical (unpaired) electrons. The Labute approximate surface area is 182 Å². The van der Waals surface area contributed by atoms with Crippen LogP contribution in [0.2, 0.25) is 0 Å². The van der Waals surface area contributed by atoms with Gasteiger partial charge in [-0.15, -0.1) is 0 Å². The predicted octanol–water partition coefficient (Wildman–Crippen LogP) is 5.34. The number of ether oxygens (including phenoxy) is 1. The Morgan fingerprint density at radius 1 is 1.07 bits per heavy atom. The first kappa shape index (κ1) is 24.2. The van der Waals surface area contributed by atoms with Gasteiger partial charge in [-0.05, 0) is 54.2 Å². The number of benzene rings is 2. The van der Waals surface area contributed by atoms with Gasteiger partial charge in [-0.25, -0.2) is 0 Å². The van der Waals surface area contributed by atoms with Crippen molar-refractivity contribution in [3.05, 3.63) is 70.3 Å². The molecule has 3 atom stereocenters. The predicted molar refractivity (Wildman–Crippen MR) is 124 cm³/mol. The molecule has 3 rings (SSSR count). The SMILES string of the molecule is CC.CCCC#Cc1ccc(Cc2cc([C@H]3C[C@@H](O)C[C@@H](CO)O3)ccc2C)cc1. The average molecular weight is 409 g/mol. The first-order chi connectivity index (χ1) is 14.6. The average Bonchev–Trinajstić information content (AvgIpc) is 2.77. The van der Waals surface area contributed by atoms with Gasteiger partial charge in [0.05, 0.1) is 24.9 Å². The minimum atomic E-state index is -0.429. The van der Waals surface area contributed by atoms with Crippen molar-refractivity contribution >= 4 is 0 Å². The van der Waals surface area contributed by atoms with Crippen molar-refractivity contribution in [1.82, 2.24) is 0 Å². The van der Waals surface area contributed by atoms with E-state index in [-0.39, 0.29) is 18.8 Å². The number of hydrogen-bond donors (Lipinski definition) is 2. The molecule has 3 heteroatoms. The van der Waals surface area contributed by atoms with E-state index in [1.807, 2.05) is 13.8 Å². The van der Waals surface area contributed by atoms with Crippen LogP contribution >= 0.6 is 0 Å². The molecule has 1 aliphatic rings. The summed E-state index contributed by atoms with van der Waals surface area (Å²) in [6.07, 6.45) is 3.05. The summed E-state index contributed by atoms with van der Waals surface area (Å²) in [5.41, 5.74) is 5.87. The maximum absolute atomic E-state index is 10.1. The van der Waals surface area contributed by atoms with Gasteiger partial charge in [0.1, 0.15) is 0 Å². The summed E-state index contributed by atoms with van der Waals surface area (Å²) in [6, 6.07) is 14.8. The van der Waals surface area contributed by atoms with E-state index in [0.717, 1.165) is 30.4 Å². The van der Waals surface area contributed by atoms with Crippen molar-refractivity contribution in [1.29, 1.82) is 0 Å². The normalized spacial score (nSPS) is 20.5. The van der Waals surface area contributed by atoms with Crippen LogP contribution in [-0.4, -0.2) is 29.0 Å². The van der Waals surface area contributed by atoms with E-state index < -0.39 is 6.10 Å². The summed E-state index contributed by atoms with van der Waals surface area (Å²) < 4.78 is 5.97. The fraction of sp³-hybridized carbons (Fsp3) is 0.481. The number of aliphatic hydroxyl groups is 2. The molecule has 2 N–H and O–H groups in total. The number of hydrogen-bond acceptors (Lipinski definition) is 3. The molecule has 0 unspecified atom stereocenters. The monoisotopic (exact) mass is 408 g/mol. The number of rotatable bonds is 5. The van der Waals surface area contributed by atoms with Crippen molar-refractivity contribution in [3.8, 4) is 11.8 Å². The molecule has 1 saturated heterocycles. The second-order valence-electron chi connectivity index (χ2n) is 7.67. The molecule has 0 saturated carbocycles. The maximum atomic E-state index is 10.1. The first-order valence-electron chi connectivity index (χ1n) is 11.2.